The van der Waals surface area contributed by atoms with Gasteiger partial charge in [-0.15, -0.1) is 11.8 Å². The number of carbonyl (C=O) groups excluding carboxylic acids is 2. The van der Waals surface area contributed by atoms with Crippen LogP contribution in [0.4, 0.5) is 0 Å². The van der Waals surface area contributed by atoms with Crippen LogP contribution in [0.1, 0.15) is 0 Å². The highest BCUT2D eigenvalue weighted by Gasteiger charge is 2.25. The lowest BCUT2D eigenvalue weighted by Crippen LogP contribution is -2.32. The Labute approximate surface area is 110 Å². The van der Waals surface area contributed by atoms with E-state index in [-0.39, 0.29) is 0 Å². The molecule has 0 spiro atoms. The Hall–Kier alpha value is -1.59. The molecule has 1 N–H and O–H groups in total. The molecule has 0 aliphatic carbocycles. The number of ketones is 1. The molecule has 0 amide bonds. The van der Waals surface area contributed by atoms with Crippen molar-refractivity contribution >= 4 is 23.8 Å². The molecule has 0 bridgehead atoms. The molecule has 4 nitrogen and oxygen atoms in total. The van der Waals surface area contributed by atoms with Crippen LogP contribution < -0.4 is 10.1 Å². The van der Waals surface area contributed by atoms with Crippen molar-refractivity contribution in [3.63, 3.8) is 0 Å². The molecule has 1 aliphatic heterocycles. The largest absolute Gasteiger partial charge is 0.497 e. The van der Waals surface area contributed by atoms with Crippen LogP contribution in [0.2, 0.25) is 0 Å². The predicted molar refractivity (Wildman–Crippen MR) is 72.6 cm³/mol. The normalized spacial score (nSPS) is 17.6. The smallest absolute Gasteiger partial charge is 0.217 e. The van der Waals surface area contributed by atoms with Crippen molar-refractivity contribution in [3.8, 4) is 5.75 Å². The van der Waals surface area contributed by atoms with Crippen LogP contribution >= 0.6 is 11.8 Å². The third-order valence-electron chi connectivity index (χ3n) is 2.25. The van der Waals surface area contributed by atoms with Gasteiger partial charge in [-0.1, -0.05) is 24.8 Å². The van der Waals surface area contributed by atoms with Crippen LogP contribution in [-0.4, -0.2) is 31.1 Å². The van der Waals surface area contributed by atoms with Gasteiger partial charge in [-0.3, -0.25) is 14.9 Å². The summed E-state index contributed by atoms with van der Waals surface area (Å²) in [6.07, 6.45) is 0.328. The summed E-state index contributed by atoms with van der Waals surface area (Å²) in [6.45, 7) is 3.63. The van der Waals surface area contributed by atoms with Crippen molar-refractivity contribution in [2.45, 2.75) is 6.04 Å². The van der Waals surface area contributed by atoms with Crippen molar-refractivity contribution in [1.29, 1.82) is 0 Å². The fourth-order valence-electron chi connectivity index (χ4n) is 1.30. The van der Waals surface area contributed by atoms with Gasteiger partial charge in [-0.05, 0) is 12.1 Å². The summed E-state index contributed by atoms with van der Waals surface area (Å²) in [5, 5.41) is 2.84. The summed E-state index contributed by atoms with van der Waals surface area (Å²) in [5.74, 6) is 1.14. The monoisotopic (exact) mass is 265 g/mol. The number of ether oxygens (including phenoxy) is 1. The number of rotatable bonds is 3. The Morgan fingerprint density at radius 1 is 1.50 bits per heavy atom. The van der Waals surface area contributed by atoms with E-state index in [0.29, 0.717) is 12.2 Å². The number of thioether (sulfide) groups is 1. The Morgan fingerprint density at radius 3 is 2.56 bits per heavy atom. The number of benzene rings is 1. The lowest BCUT2D eigenvalue weighted by Gasteiger charge is -2.02. The third kappa shape index (κ3) is 4.35. The second kappa shape index (κ2) is 7.68. The lowest BCUT2D eigenvalue weighted by molar-refractivity contribution is -0.130. The van der Waals surface area contributed by atoms with E-state index in [2.05, 4.69) is 11.9 Å². The van der Waals surface area contributed by atoms with Gasteiger partial charge in [0.05, 0.1) is 7.11 Å². The number of hydrogen-bond donors (Lipinski definition) is 1. The molecule has 1 unspecified atom stereocenters. The van der Waals surface area contributed by atoms with Crippen LogP contribution in [-0.2, 0) is 9.59 Å². The second-order valence-corrected chi connectivity index (χ2v) is 4.53. The van der Waals surface area contributed by atoms with E-state index < -0.39 is 11.8 Å². The first-order valence-corrected chi connectivity index (χ1v) is 6.30. The Balaban J connectivity index is 0.000000184. The van der Waals surface area contributed by atoms with Gasteiger partial charge in [-0.2, -0.15) is 0 Å². The van der Waals surface area contributed by atoms with Gasteiger partial charge in [0.15, 0.2) is 6.29 Å². The molecular formula is C13H15NO3S. The van der Waals surface area contributed by atoms with E-state index in [9.17, 15) is 9.59 Å². The summed E-state index contributed by atoms with van der Waals surface area (Å²) in [5.41, 5.74) is 0. The van der Waals surface area contributed by atoms with Crippen LogP contribution in [0.25, 0.3) is 0 Å². The zero-order valence-electron chi connectivity index (χ0n) is 10.1. The van der Waals surface area contributed by atoms with Gasteiger partial charge >= 0.3 is 0 Å². The quantitative estimate of drug-likeness (QED) is 0.665. The molecule has 18 heavy (non-hydrogen) atoms. The summed E-state index contributed by atoms with van der Waals surface area (Å²) in [4.78, 5) is 21.5. The Kier molecular flexibility index (Phi) is 6.18. The summed E-state index contributed by atoms with van der Waals surface area (Å²) < 4.78 is 4.91. The number of carbonyl (C=O) groups is 2. The molecule has 1 aromatic rings. The Bertz CT molecular complexity index is 420. The molecule has 1 aliphatic rings. The molecule has 5 heteroatoms. The first-order chi connectivity index (χ1) is 8.69. The number of Topliss-reactive ketones (excluding diaryl/α,β-unsaturated/α-hetero) is 1. The molecule has 0 aromatic heterocycles. The van der Waals surface area contributed by atoms with Crippen LogP contribution in [0, 0.1) is 0 Å². The van der Waals surface area contributed by atoms with E-state index in [0.717, 1.165) is 10.7 Å². The minimum Gasteiger partial charge on any atom is -0.497 e. The van der Waals surface area contributed by atoms with Gasteiger partial charge in [0.1, 0.15) is 11.8 Å². The molecule has 1 fully saturated rings. The van der Waals surface area contributed by atoms with Gasteiger partial charge < -0.3 is 4.74 Å². The summed E-state index contributed by atoms with van der Waals surface area (Å²) in [7, 11) is 1.66. The Morgan fingerprint density at radius 2 is 2.17 bits per heavy atom. The predicted octanol–water partition coefficient (Wildman–Crippen LogP) is 1.63. The third-order valence-corrected chi connectivity index (χ3v) is 3.16. The van der Waals surface area contributed by atoms with E-state index in [1.165, 1.54) is 11.8 Å². The van der Waals surface area contributed by atoms with Gasteiger partial charge in [0.2, 0.25) is 5.78 Å². The van der Waals surface area contributed by atoms with E-state index in [1.54, 1.807) is 7.11 Å². The molecule has 96 valence electrons. The number of hydrogen-bond acceptors (Lipinski definition) is 5. The molecule has 2 rings (SSSR count). The first-order valence-electron chi connectivity index (χ1n) is 5.32. The molecule has 1 aromatic carbocycles. The molecule has 1 heterocycles. The highest BCUT2D eigenvalue weighted by Crippen LogP contribution is 2.22. The standard InChI is InChI=1S/C7H8O.C6H7NO2S/c1-8-7-5-3-2-4-6-7;1-4-6(5(9)2-8)7-3-10-4/h2-6H,1H3;2,6-7H,1,3H2. The number of methoxy groups -OCH3 is 1. The minimum atomic E-state index is -0.442. The average Bonchev–Trinajstić information content (AvgIpc) is 2.86. The highest BCUT2D eigenvalue weighted by atomic mass is 32.2. The molecule has 0 saturated carbocycles. The van der Waals surface area contributed by atoms with Crippen molar-refractivity contribution in [2.24, 2.45) is 0 Å². The summed E-state index contributed by atoms with van der Waals surface area (Å²) >= 11 is 1.46. The van der Waals surface area contributed by atoms with Crippen molar-refractivity contribution < 1.29 is 14.3 Å². The molecule has 0 radical (unpaired) electrons. The van der Waals surface area contributed by atoms with E-state index in [1.807, 2.05) is 30.3 Å². The van der Waals surface area contributed by atoms with Crippen LogP contribution in [0.15, 0.2) is 41.8 Å². The summed E-state index contributed by atoms with van der Waals surface area (Å²) in [6, 6.07) is 9.24. The molecule has 1 saturated heterocycles. The number of para-hydroxylation sites is 1. The zero-order valence-corrected chi connectivity index (χ0v) is 10.9. The topological polar surface area (TPSA) is 55.4 Å². The fraction of sp³-hybridized carbons (Fsp3) is 0.231. The van der Waals surface area contributed by atoms with Gasteiger partial charge in [-0.25, -0.2) is 0 Å². The van der Waals surface area contributed by atoms with Crippen molar-refractivity contribution in [1.82, 2.24) is 5.32 Å². The van der Waals surface area contributed by atoms with Crippen molar-refractivity contribution in [2.75, 3.05) is 13.0 Å². The zero-order chi connectivity index (χ0) is 13.4. The number of nitrogens with one attached hydrogen (secondary N) is 1. The second-order valence-electron chi connectivity index (χ2n) is 3.43. The number of aldehydes is 1. The van der Waals surface area contributed by atoms with E-state index in [4.69, 9.17) is 4.74 Å². The minimum absolute atomic E-state index is 0.328. The molecule has 1 atom stereocenters. The van der Waals surface area contributed by atoms with Gasteiger partial charge in [0, 0.05) is 10.8 Å². The maximum Gasteiger partial charge on any atom is 0.217 e. The highest BCUT2D eigenvalue weighted by molar-refractivity contribution is 8.03. The van der Waals surface area contributed by atoms with Crippen molar-refractivity contribution in [3.05, 3.63) is 41.8 Å². The van der Waals surface area contributed by atoms with Crippen LogP contribution in [0.3, 0.4) is 0 Å². The van der Waals surface area contributed by atoms with Crippen LogP contribution in [0.5, 0.6) is 5.75 Å². The lowest BCUT2D eigenvalue weighted by atomic mass is 10.2. The first kappa shape index (κ1) is 14.5. The maximum atomic E-state index is 10.7. The van der Waals surface area contributed by atoms with Gasteiger partial charge in [0.25, 0.3) is 0 Å². The SMILES string of the molecule is C=C1SCNC1C(=O)C=O.COc1ccccc1. The maximum absolute atomic E-state index is 10.7. The van der Waals surface area contributed by atoms with E-state index >= 15 is 0 Å². The molecular weight excluding hydrogens is 250 g/mol. The average molecular weight is 265 g/mol. The fourth-order valence-corrected chi connectivity index (χ4v) is 2.10.